The summed E-state index contributed by atoms with van der Waals surface area (Å²) in [6.45, 7) is 2.10. The molecule has 0 aliphatic carbocycles. The first-order valence-electron chi connectivity index (χ1n) is 6.24. The Morgan fingerprint density at radius 3 is 2.85 bits per heavy atom. The van der Waals surface area contributed by atoms with E-state index in [0.29, 0.717) is 17.3 Å². The maximum Gasteiger partial charge on any atom is 0.261 e. The van der Waals surface area contributed by atoms with Crippen molar-refractivity contribution in [3.05, 3.63) is 59.4 Å². The third-order valence-corrected chi connectivity index (χ3v) is 3.01. The van der Waals surface area contributed by atoms with Gasteiger partial charge in [-0.25, -0.2) is 0 Å². The molecule has 0 aliphatic heterocycles. The molecule has 0 saturated heterocycles. The Hall–Kier alpha value is -2.07. The van der Waals surface area contributed by atoms with Crippen LogP contribution in [0.25, 0.3) is 0 Å². The number of carbonyl (C=O) groups is 1. The minimum atomic E-state index is -0.619. The number of hydrogen-bond donors (Lipinski definition) is 1. The molecule has 1 aromatic carbocycles. The smallest absolute Gasteiger partial charge is 0.261 e. The van der Waals surface area contributed by atoms with Crippen LogP contribution in [-0.2, 0) is 11.3 Å². The first-order valence-corrected chi connectivity index (χ1v) is 6.62. The molecular formula is C15H15ClN2O2. The lowest BCUT2D eigenvalue weighted by molar-refractivity contribution is -0.127. The van der Waals surface area contributed by atoms with E-state index in [1.807, 2.05) is 24.3 Å². The molecule has 0 aliphatic rings. The van der Waals surface area contributed by atoms with Crippen LogP contribution in [0.2, 0.25) is 5.02 Å². The van der Waals surface area contributed by atoms with Crippen molar-refractivity contribution < 1.29 is 9.53 Å². The predicted molar refractivity (Wildman–Crippen MR) is 77.6 cm³/mol. The van der Waals surface area contributed by atoms with Gasteiger partial charge in [-0.2, -0.15) is 0 Å². The lowest BCUT2D eigenvalue weighted by atomic mass is 10.2. The molecule has 1 amide bonds. The molecule has 0 fully saturated rings. The number of rotatable bonds is 5. The van der Waals surface area contributed by atoms with Crippen molar-refractivity contribution in [1.82, 2.24) is 10.3 Å². The molecule has 1 aromatic heterocycles. The molecule has 2 aromatic rings. The topological polar surface area (TPSA) is 51.2 Å². The number of halogens is 1. The Balaban J connectivity index is 1.88. The second-order valence-corrected chi connectivity index (χ2v) is 4.68. The number of nitrogens with one attached hydrogen (secondary N) is 1. The standard InChI is InChI=1S/C15H15ClN2O2/c1-11(20-14-7-3-2-6-13(14)16)15(19)18-10-12-5-4-8-17-9-12/h2-9,11H,10H2,1H3,(H,18,19). The zero-order valence-corrected chi connectivity index (χ0v) is 11.8. The maximum atomic E-state index is 11.9. The molecular weight excluding hydrogens is 276 g/mol. The van der Waals surface area contributed by atoms with Crippen LogP contribution in [0.5, 0.6) is 5.75 Å². The van der Waals surface area contributed by atoms with Gasteiger partial charge < -0.3 is 10.1 Å². The number of para-hydroxylation sites is 1. The van der Waals surface area contributed by atoms with E-state index in [1.165, 1.54) is 0 Å². The fraction of sp³-hybridized carbons (Fsp3) is 0.200. The second kappa shape index (κ2) is 6.91. The van der Waals surface area contributed by atoms with Crippen molar-refractivity contribution in [2.75, 3.05) is 0 Å². The summed E-state index contributed by atoms with van der Waals surface area (Å²) in [6, 6.07) is 10.8. The summed E-state index contributed by atoms with van der Waals surface area (Å²) in [6.07, 6.45) is 2.78. The Bertz CT molecular complexity index is 575. The second-order valence-electron chi connectivity index (χ2n) is 4.27. The van der Waals surface area contributed by atoms with Crippen LogP contribution in [0.3, 0.4) is 0 Å². The minimum Gasteiger partial charge on any atom is -0.479 e. The molecule has 104 valence electrons. The lowest BCUT2D eigenvalue weighted by Crippen LogP contribution is -2.35. The Morgan fingerprint density at radius 1 is 1.35 bits per heavy atom. The molecule has 5 heteroatoms. The van der Waals surface area contributed by atoms with Crippen LogP contribution in [0, 0.1) is 0 Å². The van der Waals surface area contributed by atoms with Crippen molar-refractivity contribution >= 4 is 17.5 Å². The van der Waals surface area contributed by atoms with Crippen molar-refractivity contribution in [1.29, 1.82) is 0 Å². The van der Waals surface area contributed by atoms with Gasteiger partial charge in [-0.3, -0.25) is 9.78 Å². The van der Waals surface area contributed by atoms with Gasteiger partial charge in [0.05, 0.1) is 5.02 Å². The number of nitrogens with zero attached hydrogens (tertiary/aromatic N) is 1. The first-order chi connectivity index (χ1) is 9.66. The zero-order valence-electron chi connectivity index (χ0n) is 11.0. The molecule has 4 nitrogen and oxygen atoms in total. The van der Waals surface area contributed by atoms with Gasteiger partial charge >= 0.3 is 0 Å². The summed E-state index contributed by atoms with van der Waals surface area (Å²) in [5, 5.41) is 3.28. The largest absolute Gasteiger partial charge is 0.479 e. The number of hydrogen-bond acceptors (Lipinski definition) is 3. The van der Waals surface area contributed by atoms with Crippen LogP contribution in [0.1, 0.15) is 12.5 Å². The maximum absolute atomic E-state index is 11.9. The predicted octanol–water partition coefficient (Wildman–Crippen LogP) is 2.82. The van der Waals surface area contributed by atoms with Gasteiger partial charge in [0.15, 0.2) is 6.10 Å². The highest BCUT2D eigenvalue weighted by atomic mass is 35.5. The van der Waals surface area contributed by atoms with E-state index in [2.05, 4.69) is 10.3 Å². The molecule has 0 radical (unpaired) electrons. The number of benzene rings is 1. The number of amides is 1. The van der Waals surface area contributed by atoms with Crippen LogP contribution in [0.15, 0.2) is 48.8 Å². The summed E-state index contributed by atoms with van der Waals surface area (Å²) >= 11 is 5.98. The van der Waals surface area contributed by atoms with Crippen molar-refractivity contribution in [2.45, 2.75) is 19.6 Å². The molecule has 20 heavy (non-hydrogen) atoms. The van der Waals surface area contributed by atoms with E-state index in [0.717, 1.165) is 5.56 Å². The number of aromatic nitrogens is 1. The number of carbonyl (C=O) groups excluding carboxylic acids is 1. The van der Waals surface area contributed by atoms with Crippen LogP contribution in [0.4, 0.5) is 0 Å². The SMILES string of the molecule is CC(Oc1ccccc1Cl)C(=O)NCc1cccnc1. The van der Waals surface area contributed by atoms with E-state index in [1.54, 1.807) is 31.5 Å². The summed E-state index contributed by atoms with van der Waals surface area (Å²) in [5.41, 5.74) is 0.936. The summed E-state index contributed by atoms with van der Waals surface area (Å²) in [4.78, 5) is 15.9. The Kier molecular flexibility index (Phi) is 4.96. The van der Waals surface area contributed by atoms with Gasteiger partial charge in [-0.15, -0.1) is 0 Å². The summed E-state index contributed by atoms with van der Waals surface area (Å²) in [7, 11) is 0. The summed E-state index contributed by atoms with van der Waals surface area (Å²) < 4.78 is 5.54. The van der Waals surface area contributed by atoms with E-state index >= 15 is 0 Å². The molecule has 1 N–H and O–H groups in total. The highest BCUT2D eigenvalue weighted by Crippen LogP contribution is 2.24. The molecule has 0 bridgehead atoms. The molecule has 2 rings (SSSR count). The van der Waals surface area contributed by atoms with E-state index in [-0.39, 0.29) is 5.91 Å². The third-order valence-electron chi connectivity index (χ3n) is 2.70. The van der Waals surface area contributed by atoms with Crippen molar-refractivity contribution in [3.8, 4) is 5.75 Å². The van der Waals surface area contributed by atoms with Gasteiger partial charge in [0.2, 0.25) is 0 Å². The van der Waals surface area contributed by atoms with Gasteiger partial charge in [0.1, 0.15) is 5.75 Å². The average Bonchev–Trinajstić information content (AvgIpc) is 2.48. The average molecular weight is 291 g/mol. The van der Waals surface area contributed by atoms with E-state index < -0.39 is 6.10 Å². The van der Waals surface area contributed by atoms with Gasteiger partial charge in [0.25, 0.3) is 5.91 Å². The quantitative estimate of drug-likeness (QED) is 0.921. The van der Waals surface area contributed by atoms with Gasteiger partial charge in [-0.1, -0.05) is 29.8 Å². The normalized spacial score (nSPS) is 11.7. The molecule has 1 unspecified atom stereocenters. The molecule has 1 atom stereocenters. The van der Waals surface area contributed by atoms with E-state index in [9.17, 15) is 4.79 Å². The van der Waals surface area contributed by atoms with Crippen molar-refractivity contribution in [2.24, 2.45) is 0 Å². The first kappa shape index (κ1) is 14.3. The molecule has 1 heterocycles. The highest BCUT2D eigenvalue weighted by Gasteiger charge is 2.15. The van der Waals surface area contributed by atoms with Crippen LogP contribution in [-0.4, -0.2) is 17.0 Å². The Morgan fingerprint density at radius 2 is 2.15 bits per heavy atom. The van der Waals surface area contributed by atoms with E-state index in [4.69, 9.17) is 16.3 Å². The minimum absolute atomic E-state index is 0.200. The summed E-state index contributed by atoms with van der Waals surface area (Å²) in [5.74, 6) is 0.298. The third kappa shape index (κ3) is 3.96. The highest BCUT2D eigenvalue weighted by molar-refractivity contribution is 6.32. The number of pyridine rings is 1. The number of ether oxygens (including phenoxy) is 1. The molecule has 0 saturated carbocycles. The van der Waals surface area contributed by atoms with Crippen LogP contribution >= 0.6 is 11.6 Å². The fourth-order valence-corrected chi connectivity index (χ4v) is 1.80. The van der Waals surface area contributed by atoms with Crippen LogP contribution < -0.4 is 10.1 Å². The zero-order chi connectivity index (χ0) is 14.4. The molecule has 0 spiro atoms. The monoisotopic (exact) mass is 290 g/mol. The van der Waals surface area contributed by atoms with Gasteiger partial charge in [-0.05, 0) is 30.7 Å². The fourth-order valence-electron chi connectivity index (χ4n) is 1.62. The Labute approximate surface area is 122 Å². The van der Waals surface area contributed by atoms with Gasteiger partial charge in [0, 0.05) is 18.9 Å². The van der Waals surface area contributed by atoms with Crippen molar-refractivity contribution in [3.63, 3.8) is 0 Å². The lowest BCUT2D eigenvalue weighted by Gasteiger charge is -2.15.